The van der Waals surface area contributed by atoms with Gasteiger partial charge in [-0.1, -0.05) is 11.6 Å². The normalized spacial score (nSPS) is 12.5. The van der Waals surface area contributed by atoms with Gasteiger partial charge in [0.1, 0.15) is 0 Å². The maximum atomic E-state index is 5.99. The van der Waals surface area contributed by atoms with Gasteiger partial charge in [-0.2, -0.15) is 0 Å². The molecule has 0 radical (unpaired) electrons. The van der Waals surface area contributed by atoms with E-state index in [1.165, 1.54) is 4.88 Å². The van der Waals surface area contributed by atoms with Crippen molar-refractivity contribution in [1.82, 2.24) is 4.98 Å². The second kappa shape index (κ2) is 5.31. The van der Waals surface area contributed by atoms with E-state index in [0.29, 0.717) is 0 Å². The fourth-order valence-corrected chi connectivity index (χ4v) is 3.24. The summed E-state index contributed by atoms with van der Waals surface area (Å²) in [6.45, 7) is 2.10. The molecule has 5 heteroatoms. The van der Waals surface area contributed by atoms with Crippen LogP contribution in [0.1, 0.15) is 17.8 Å². The van der Waals surface area contributed by atoms with E-state index in [2.05, 4.69) is 17.2 Å². The van der Waals surface area contributed by atoms with Crippen LogP contribution in [-0.4, -0.2) is 4.98 Å². The number of fused-ring (bicyclic) bond motifs is 1. The van der Waals surface area contributed by atoms with Gasteiger partial charge in [0.25, 0.3) is 0 Å². The summed E-state index contributed by atoms with van der Waals surface area (Å²) in [6.07, 6.45) is 1.78. The van der Waals surface area contributed by atoms with Crippen LogP contribution in [0.15, 0.2) is 42.6 Å². The number of benzene rings is 1. The summed E-state index contributed by atoms with van der Waals surface area (Å²) < 4.78 is 0.800. The molecule has 1 unspecified atom stereocenters. The van der Waals surface area contributed by atoms with Gasteiger partial charge in [0.2, 0.25) is 0 Å². The van der Waals surface area contributed by atoms with Gasteiger partial charge >= 0.3 is 0 Å². The van der Waals surface area contributed by atoms with Crippen molar-refractivity contribution < 1.29 is 0 Å². The summed E-state index contributed by atoms with van der Waals surface area (Å²) in [7, 11) is 0. The van der Waals surface area contributed by atoms with Crippen LogP contribution in [0.5, 0.6) is 0 Å². The molecule has 3 nitrogen and oxygen atoms in total. The highest BCUT2D eigenvalue weighted by atomic mass is 35.5. The zero-order valence-corrected chi connectivity index (χ0v) is 12.5. The third-order valence-corrected chi connectivity index (χ3v) is 4.61. The first kappa shape index (κ1) is 13.2. The molecule has 1 atom stereocenters. The first-order valence-electron chi connectivity index (χ1n) is 6.30. The molecule has 2 aromatic heterocycles. The molecule has 0 bridgehead atoms. The Hall–Kier alpha value is -1.78. The number of rotatable bonds is 3. The number of halogens is 1. The summed E-state index contributed by atoms with van der Waals surface area (Å²) in [4.78, 5) is 5.62. The van der Waals surface area contributed by atoms with E-state index in [9.17, 15) is 0 Å². The van der Waals surface area contributed by atoms with Gasteiger partial charge in [-0.25, -0.2) is 0 Å². The van der Waals surface area contributed by atoms with Crippen LogP contribution < -0.4 is 11.1 Å². The van der Waals surface area contributed by atoms with Gasteiger partial charge in [0.05, 0.1) is 21.6 Å². The largest absolute Gasteiger partial charge is 0.398 e. The third-order valence-electron chi connectivity index (χ3n) is 3.20. The Labute approximate surface area is 126 Å². The lowest BCUT2D eigenvalue weighted by Gasteiger charge is -2.15. The molecule has 0 amide bonds. The number of nitrogens with zero attached hydrogens (tertiary/aromatic N) is 1. The zero-order valence-electron chi connectivity index (χ0n) is 10.9. The smallest absolute Gasteiger partial charge is 0.0954 e. The summed E-state index contributed by atoms with van der Waals surface area (Å²) in [5, 5.41) is 4.44. The number of aromatic nitrogens is 1. The van der Waals surface area contributed by atoms with Crippen molar-refractivity contribution in [3.05, 3.63) is 51.8 Å². The highest BCUT2D eigenvalue weighted by molar-refractivity contribution is 7.16. The minimum absolute atomic E-state index is 0.168. The molecule has 102 valence electrons. The highest BCUT2D eigenvalue weighted by Gasteiger charge is 2.11. The Morgan fingerprint density at radius 3 is 2.85 bits per heavy atom. The number of pyridine rings is 1. The SMILES string of the molecule is CC(Nc1ccc(N)c2cccnc12)c1ccc(Cl)s1. The molecule has 0 spiro atoms. The number of thiophene rings is 1. The van der Waals surface area contributed by atoms with Crippen molar-refractivity contribution in [2.45, 2.75) is 13.0 Å². The number of nitrogens with two attached hydrogens (primary N) is 1. The van der Waals surface area contributed by atoms with E-state index < -0.39 is 0 Å². The number of hydrogen-bond acceptors (Lipinski definition) is 4. The fourth-order valence-electron chi connectivity index (χ4n) is 2.18. The quantitative estimate of drug-likeness (QED) is 0.689. The third kappa shape index (κ3) is 2.44. The Morgan fingerprint density at radius 2 is 2.10 bits per heavy atom. The molecular weight excluding hydrogens is 290 g/mol. The molecule has 3 aromatic rings. The summed E-state index contributed by atoms with van der Waals surface area (Å²) in [5.41, 5.74) is 8.60. The molecular formula is C15H14ClN3S. The van der Waals surface area contributed by atoms with Crippen molar-refractivity contribution in [2.75, 3.05) is 11.1 Å². The van der Waals surface area contributed by atoms with Crippen LogP contribution in [0.4, 0.5) is 11.4 Å². The van der Waals surface area contributed by atoms with E-state index in [1.807, 2.05) is 36.4 Å². The van der Waals surface area contributed by atoms with Crippen LogP contribution in [0.3, 0.4) is 0 Å². The Kier molecular flexibility index (Phi) is 3.51. The van der Waals surface area contributed by atoms with Crippen LogP contribution in [-0.2, 0) is 0 Å². The van der Waals surface area contributed by atoms with Gasteiger partial charge in [-0.05, 0) is 43.3 Å². The molecule has 0 aliphatic rings. The lowest BCUT2D eigenvalue weighted by atomic mass is 10.1. The van der Waals surface area contributed by atoms with Gasteiger partial charge in [-0.15, -0.1) is 11.3 Å². The van der Waals surface area contributed by atoms with Crippen molar-refractivity contribution in [2.24, 2.45) is 0 Å². The van der Waals surface area contributed by atoms with E-state index in [-0.39, 0.29) is 6.04 Å². The minimum Gasteiger partial charge on any atom is -0.398 e. The number of anilines is 2. The zero-order chi connectivity index (χ0) is 14.1. The van der Waals surface area contributed by atoms with E-state index in [4.69, 9.17) is 17.3 Å². The van der Waals surface area contributed by atoms with Crippen LogP contribution >= 0.6 is 22.9 Å². The maximum Gasteiger partial charge on any atom is 0.0954 e. The second-order valence-corrected chi connectivity index (χ2v) is 6.36. The molecule has 3 rings (SSSR count). The van der Waals surface area contributed by atoms with Crippen LogP contribution in [0.2, 0.25) is 4.34 Å². The first-order valence-corrected chi connectivity index (χ1v) is 7.49. The topological polar surface area (TPSA) is 50.9 Å². The summed E-state index contributed by atoms with van der Waals surface area (Å²) in [6, 6.07) is 11.9. The molecule has 20 heavy (non-hydrogen) atoms. The van der Waals surface area contributed by atoms with E-state index >= 15 is 0 Å². The Bertz CT molecular complexity index is 754. The molecule has 0 saturated heterocycles. The average molecular weight is 304 g/mol. The monoisotopic (exact) mass is 303 g/mol. The Morgan fingerprint density at radius 1 is 1.25 bits per heavy atom. The minimum atomic E-state index is 0.168. The molecule has 3 N–H and O–H groups in total. The Balaban J connectivity index is 1.97. The average Bonchev–Trinajstić information content (AvgIpc) is 2.89. The standard InChI is InChI=1S/C15H14ClN3S/c1-9(13-6-7-14(16)20-13)19-12-5-4-11(17)10-3-2-8-18-15(10)12/h2-9,19H,17H2,1H3. The van der Waals surface area contributed by atoms with E-state index in [1.54, 1.807) is 17.5 Å². The van der Waals surface area contributed by atoms with Crippen molar-refractivity contribution in [3.63, 3.8) is 0 Å². The van der Waals surface area contributed by atoms with Gasteiger partial charge < -0.3 is 11.1 Å². The predicted octanol–water partition coefficient (Wildman–Crippen LogP) is 4.71. The lowest BCUT2D eigenvalue weighted by Crippen LogP contribution is -2.06. The van der Waals surface area contributed by atoms with Gasteiger partial charge in [0.15, 0.2) is 0 Å². The van der Waals surface area contributed by atoms with Gasteiger partial charge in [0, 0.05) is 22.1 Å². The first-order chi connectivity index (χ1) is 9.65. The van der Waals surface area contributed by atoms with E-state index in [0.717, 1.165) is 26.6 Å². The number of nitrogen functional groups attached to an aromatic ring is 1. The molecule has 2 heterocycles. The molecule has 1 aromatic carbocycles. The molecule has 0 aliphatic carbocycles. The molecule has 0 aliphatic heterocycles. The lowest BCUT2D eigenvalue weighted by molar-refractivity contribution is 0.909. The molecule has 0 fully saturated rings. The summed E-state index contributed by atoms with van der Waals surface area (Å²) in [5.74, 6) is 0. The second-order valence-electron chi connectivity index (χ2n) is 4.61. The van der Waals surface area contributed by atoms with Crippen LogP contribution in [0, 0.1) is 0 Å². The predicted molar refractivity (Wildman–Crippen MR) is 87.5 cm³/mol. The summed E-state index contributed by atoms with van der Waals surface area (Å²) >= 11 is 7.57. The van der Waals surface area contributed by atoms with Crippen molar-refractivity contribution in [3.8, 4) is 0 Å². The number of hydrogen-bond donors (Lipinski definition) is 2. The maximum absolute atomic E-state index is 5.99. The van der Waals surface area contributed by atoms with Crippen molar-refractivity contribution >= 4 is 45.2 Å². The van der Waals surface area contributed by atoms with Gasteiger partial charge in [-0.3, -0.25) is 4.98 Å². The molecule has 0 saturated carbocycles. The number of nitrogens with one attached hydrogen (secondary N) is 1. The highest BCUT2D eigenvalue weighted by Crippen LogP contribution is 2.32. The van der Waals surface area contributed by atoms with Crippen LogP contribution in [0.25, 0.3) is 10.9 Å². The van der Waals surface area contributed by atoms with Crippen molar-refractivity contribution in [1.29, 1.82) is 0 Å². The fraction of sp³-hybridized carbons (Fsp3) is 0.133.